The summed E-state index contributed by atoms with van der Waals surface area (Å²) in [6.45, 7) is 8.09. The second kappa shape index (κ2) is 6.98. The molecule has 0 aromatic carbocycles. The molecule has 3 N–H and O–H groups in total. The molecule has 1 atom stereocenters. The number of nitrogens with two attached hydrogens (primary N) is 1. The molecule has 0 aliphatic carbocycles. The van der Waals surface area contributed by atoms with Crippen LogP contribution in [0.4, 0.5) is 11.9 Å². The van der Waals surface area contributed by atoms with Gasteiger partial charge in [0.05, 0.1) is 6.10 Å². The Morgan fingerprint density at radius 2 is 1.94 bits per heavy atom. The number of nitrogens with one attached hydrogen (secondary N) is 1. The molecule has 0 amide bonds. The molecular weight excluding hydrogens is 230 g/mol. The Morgan fingerprint density at radius 1 is 1.22 bits per heavy atom. The first-order chi connectivity index (χ1) is 8.51. The fourth-order valence-corrected chi connectivity index (χ4v) is 1.50. The molecule has 1 aromatic rings. The van der Waals surface area contributed by atoms with Crippen molar-refractivity contribution in [1.82, 2.24) is 15.0 Å². The van der Waals surface area contributed by atoms with E-state index in [4.69, 9.17) is 10.5 Å². The summed E-state index contributed by atoms with van der Waals surface area (Å²) in [6, 6.07) is 0.571. The van der Waals surface area contributed by atoms with Crippen molar-refractivity contribution < 1.29 is 4.74 Å². The van der Waals surface area contributed by atoms with Crippen LogP contribution in [0.2, 0.25) is 0 Å². The van der Waals surface area contributed by atoms with E-state index in [0.717, 1.165) is 6.42 Å². The Balaban J connectivity index is 2.67. The van der Waals surface area contributed by atoms with Gasteiger partial charge in [-0.2, -0.15) is 15.0 Å². The molecule has 18 heavy (non-hydrogen) atoms. The van der Waals surface area contributed by atoms with Crippen molar-refractivity contribution in [2.45, 2.75) is 59.1 Å². The monoisotopic (exact) mass is 253 g/mol. The number of aromatic nitrogens is 3. The van der Waals surface area contributed by atoms with E-state index < -0.39 is 0 Å². The van der Waals surface area contributed by atoms with Crippen molar-refractivity contribution >= 4 is 11.9 Å². The molecule has 0 aliphatic rings. The fourth-order valence-electron chi connectivity index (χ4n) is 1.50. The van der Waals surface area contributed by atoms with Crippen LogP contribution < -0.4 is 15.8 Å². The first kappa shape index (κ1) is 14.5. The third kappa shape index (κ3) is 5.16. The van der Waals surface area contributed by atoms with E-state index in [1.54, 1.807) is 0 Å². The van der Waals surface area contributed by atoms with Gasteiger partial charge in [-0.3, -0.25) is 0 Å². The third-order valence-corrected chi connectivity index (χ3v) is 2.34. The zero-order valence-electron chi connectivity index (χ0n) is 11.6. The van der Waals surface area contributed by atoms with Crippen LogP contribution in [0.15, 0.2) is 0 Å². The van der Waals surface area contributed by atoms with Crippen LogP contribution in [0, 0.1) is 0 Å². The number of rotatable bonds is 7. The van der Waals surface area contributed by atoms with Gasteiger partial charge < -0.3 is 15.8 Å². The highest BCUT2D eigenvalue weighted by Gasteiger charge is 2.09. The summed E-state index contributed by atoms with van der Waals surface area (Å²) in [6.07, 6.45) is 3.43. The Bertz CT molecular complexity index is 369. The van der Waals surface area contributed by atoms with E-state index in [2.05, 4.69) is 34.1 Å². The van der Waals surface area contributed by atoms with Gasteiger partial charge in [0, 0.05) is 6.04 Å². The van der Waals surface area contributed by atoms with Gasteiger partial charge in [-0.25, -0.2) is 0 Å². The first-order valence-electron chi connectivity index (χ1n) is 6.46. The Labute approximate surface area is 108 Å². The molecule has 6 nitrogen and oxygen atoms in total. The van der Waals surface area contributed by atoms with Crippen molar-refractivity contribution in [2.24, 2.45) is 0 Å². The van der Waals surface area contributed by atoms with Crippen LogP contribution in [-0.2, 0) is 0 Å². The van der Waals surface area contributed by atoms with E-state index in [-0.39, 0.29) is 18.1 Å². The van der Waals surface area contributed by atoms with Gasteiger partial charge >= 0.3 is 6.01 Å². The van der Waals surface area contributed by atoms with Crippen LogP contribution >= 0.6 is 0 Å². The SMILES string of the molecule is CCCCC(C)Nc1nc(N)nc(OC(C)C)n1. The smallest absolute Gasteiger partial charge is 0.323 e. The van der Waals surface area contributed by atoms with Crippen LogP contribution in [0.25, 0.3) is 0 Å². The minimum Gasteiger partial charge on any atom is -0.461 e. The van der Waals surface area contributed by atoms with Crippen LogP contribution in [0.5, 0.6) is 6.01 Å². The molecule has 6 heteroatoms. The average Bonchev–Trinajstić information content (AvgIpc) is 2.24. The molecule has 1 unspecified atom stereocenters. The topological polar surface area (TPSA) is 86.0 Å². The second-order valence-electron chi connectivity index (χ2n) is 4.65. The number of nitrogen functional groups attached to an aromatic ring is 1. The van der Waals surface area contributed by atoms with Crippen molar-refractivity contribution in [3.63, 3.8) is 0 Å². The number of ether oxygens (including phenoxy) is 1. The molecular formula is C12H23N5O. The van der Waals surface area contributed by atoms with Gasteiger partial charge in [0.2, 0.25) is 11.9 Å². The molecule has 102 valence electrons. The molecule has 1 heterocycles. The van der Waals surface area contributed by atoms with Gasteiger partial charge in [0.25, 0.3) is 0 Å². The highest BCUT2D eigenvalue weighted by atomic mass is 16.5. The van der Waals surface area contributed by atoms with Crippen LogP contribution in [-0.4, -0.2) is 27.1 Å². The van der Waals surface area contributed by atoms with E-state index in [0.29, 0.717) is 12.0 Å². The zero-order valence-corrected chi connectivity index (χ0v) is 11.6. The number of hydrogen-bond donors (Lipinski definition) is 2. The summed E-state index contributed by atoms with van der Waals surface area (Å²) in [7, 11) is 0. The number of unbranched alkanes of at least 4 members (excludes halogenated alkanes) is 1. The fraction of sp³-hybridized carbons (Fsp3) is 0.750. The zero-order chi connectivity index (χ0) is 13.5. The quantitative estimate of drug-likeness (QED) is 0.775. The second-order valence-corrected chi connectivity index (χ2v) is 4.65. The maximum atomic E-state index is 5.63. The van der Waals surface area contributed by atoms with E-state index in [1.807, 2.05) is 13.8 Å². The maximum absolute atomic E-state index is 5.63. The predicted octanol–water partition coefficient (Wildman–Crippen LogP) is 2.23. The minimum atomic E-state index is 0.0113. The lowest BCUT2D eigenvalue weighted by atomic mass is 10.1. The van der Waals surface area contributed by atoms with Gasteiger partial charge in [-0.1, -0.05) is 19.8 Å². The summed E-state index contributed by atoms with van der Waals surface area (Å²) in [4.78, 5) is 12.2. The van der Waals surface area contributed by atoms with Crippen LogP contribution in [0.1, 0.15) is 47.0 Å². The van der Waals surface area contributed by atoms with E-state index in [9.17, 15) is 0 Å². The molecule has 0 bridgehead atoms. The maximum Gasteiger partial charge on any atom is 0.323 e. The van der Waals surface area contributed by atoms with Crippen molar-refractivity contribution in [3.8, 4) is 6.01 Å². The van der Waals surface area contributed by atoms with Crippen molar-refractivity contribution in [2.75, 3.05) is 11.1 Å². The Morgan fingerprint density at radius 3 is 2.56 bits per heavy atom. The number of hydrogen-bond acceptors (Lipinski definition) is 6. The van der Waals surface area contributed by atoms with Gasteiger partial charge in [-0.05, 0) is 27.2 Å². The first-order valence-corrected chi connectivity index (χ1v) is 6.46. The summed E-state index contributed by atoms with van der Waals surface area (Å²) < 4.78 is 5.42. The average molecular weight is 253 g/mol. The standard InChI is InChI=1S/C12H23N5O/c1-5-6-7-9(4)14-11-15-10(13)16-12(17-11)18-8(2)3/h8-9H,5-7H2,1-4H3,(H3,13,14,15,16,17). The molecule has 0 radical (unpaired) electrons. The molecule has 0 spiro atoms. The lowest BCUT2D eigenvalue weighted by Crippen LogP contribution is -2.19. The summed E-state index contributed by atoms with van der Waals surface area (Å²) in [5.74, 6) is 0.646. The van der Waals surface area contributed by atoms with Gasteiger partial charge in [0.15, 0.2) is 0 Å². The third-order valence-electron chi connectivity index (χ3n) is 2.34. The molecule has 1 aromatic heterocycles. The lowest BCUT2D eigenvalue weighted by Gasteiger charge is -2.14. The molecule has 1 rings (SSSR count). The van der Waals surface area contributed by atoms with Gasteiger partial charge in [-0.15, -0.1) is 0 Å². The Kier molecular flexibility index (Phi) is 5.61. The van der Waals surface area contributed by atoms with Gasteiger partial charge in [0.1, 0.15) is 0 Å². The van der Waals surface area contributed by atoms with E-state index >= 15 is 0 Å². The van der Waals surface area contributed by atoms with Crippen molar-refractivity contribution in [3.05, 3.63) is 0 Å². The lowest BCUT2D eigenvalue weighted by molar-refractivity contribution is 0.222. The highest BCUT2D eigenvalue weighted by molar-refractivity contribution is 5.33. The van der Waals surface area contributed by atoms with Crippen molar-refractivity contribution in [1.29, 1.82) is 0 Å². The summed E-state index contributed by atoms with van der Waals surface area (Å²) >= 11 is 0. The summed E-state index contributed by atoms with van der Waals surface area (Å²) in [5.41, 5.74) is 5.63. The molecule has 0 saturated heterocycles. The largest absolute Gasteiger partial charge is 0.461 e. The molecule has 0 saturated carbocycles. The summed E-state index contributed by atoms with van der Waals surface area (Å²) in [5, 5.41) is 3.21. The van der Waals surface area contributed by atoms with E-state index in [1.165, 1.54) is 12.8 Å². The minimum absolute atomic E-state index is 0.0113. The normalized spacial score (nSPS) is 12.5. The predicted molar refractivity (Wildman–Crippen MR) is 72.6 cm³/mol. The molecule has 0 aliphatic heterocycles. The number of anilines is 2. The number of nitrogens with zero attached hydrogens (tertiary/aromatic N) is 3. The highest BCUT2D eigenvalue weighted by Crippen LogP contribution is 2.12. The van der Waals surface area contributed by atoms with Crippen LogP contribution in [0.3, 0.4) is 0 Å². The Hall–Kier alpha value is -1.59. The molecule has 0 fully saturated rings.